The second-order valence-electron chi connectivity index (χ2n) is 7.00. The van der Waals surface area contributed by atoms with Gasteiger partial charge in [-0.25, -0.2) is 0 Å². The minimum Gasteiger partial charge on any atom is -0.349 e. The van der Waals surface area contributed by atoms with E-state index in [2.05, 4.69) is 16.7 Å². The Morgan fingerprint density at radius 1 is 1.21 bits per heavy atom. The molecule has 1 fully saturated rings. The molecule has 7 heteroatoms. The molecule has 3 rings (SSSR count). The van der Waals surface area contributed by atoms with Crippen molar-refractivity contribution in [1.82, 2.24) is 10.6 Å². The largest absolute Gasteiger partial charge is 0.349 e. The summed E-state index contributed by atoms with van der Waals surface area (Å²) in [6, 6.07) is 9.99. The number of amides is 2. The maximum absolute atomic E-state index is 12.8. The van der Waals surface area contributed by atoms with Crippen LogP contribution in [-0.2, 0) is 11.2 Å². The number of thiophene rings is 1. The number of nitrogens with zero attached hydrogens (tertiary/aromatic N) is 1. The average molecular weight is 416 g/mol. The number of rotatable bonds is 6. The first-order valence-electron chi connectivity index (χ1n) is 9.34. The van der Waals surface area contributed by atoms with Crippen LogP contribution in [0.3, 0.4) is 0 Å². The monoisotopic (exact) mass is 415 g/mol. The van der Waals surface area contributed by atoms with Crippen LogP contribution < -0.4 is 10.6 Å². The summed E-state index contributed by atoms with van der Waals surface area (Å²) in [4.78, 5) is 25.4. The molecule has 0 aliphatic heterocycles. The first-order valence-corrected chi connectivity index (χ1v) is 10.7. The van der Waals surface area contributed by atoms with E-state index in [0.29, 0.717) is 23.4 Å². The predicted molar refractivity (Wildman–Crippen MR) is 110 cm³/mol. The van der Waals surface area contributed by atoms with Crippen LogP contribution in [-0.4, -0.2) is 23.9 Å². The smallest absolute Gasteiger partial charge is 0.251 e. The fourth-order valence-electron chi connectivity index (χ4n) is 3.52. The van der Waals surface area contributed by atoms with Gasteiger partial charge in [0.2, 0.25) is 5.91 Å². The molecule has 0 bridgehead atoms. The first-order chi connectivity index (χ1) is 13.6. The van der Waals surface area contributed by atoms with Crippen molar-refractivity contribution in [3.63, 3.8) is 0 Å². The van der Waals surface area contributed by atoms with Gasteiger partial charge in [0.05, 0.1) is 12.0 Å². The summed E-state index contributed by atoms with van der Waals surface area (Å²) in [5.74, 6) is -0.706. The SMILES string of the molecule is N#C[C@H](Cc1ccsc1)NC(=O)C1CCCCC1NC(=O)c1ccc(Cl)cc1. The molecule has 1 aliphatic carbocycles. The number of hydrogen-bond acceptors (Lipinski definition) is 4. The topological polar surface area (TPSA) is 82.0 Å². The van der Waals surface area contributed by atoms with E-state index in [1.807, 2.05) is 16.8 Å². The lowest BCUT2D eigenvalue weighted by Crippen LogP contribution is -2.50. The summed E-state index contributed by atoms with van der Waals surface area (Å²) in [5.41, 5.74) is 1.55. The molecule has 146 valence electrons. The third-order valence-corrected chi connectivity index (χ3v) is 6.00. The minimum absolute atomic E-state index is 0.164. The van der Waals surface area contributed by atoms with Crippen molar-refractivity contribution in [2.24, 2.45) is 5.92 Å². The highest BCUT2D eigenvalue weighted by Gasteiger charge is 2.33. The Morgan fingerprint density at radius 3 is 2.64 bits per heavy atom. The van der Waals surface area contributed by atoms with Crippen molar-refractivity contribution >= 4 is 34.8 Å². The van der Waals surface area contributed by atoms with Gasteiger partial charge in [0.15, 0.2) is 0 Å². The van der Waals surface area contributed by atoms with Crippen molar-refractivity contribution in [1.29, 1.82) is 5.26 Å². The van der Waals surface area contributed by atoms with Crippen molar-refractivity contribution in [2.45, 2.75) is 44.2 Å². The lowest BCUT2D eigenvalue weighted by atomic mass is 9.83. The van der Waals surface area contributed by atoms with Crippen LogP contribution in [0.25, 0.3) is 0 Å². The second-order valence-corrected chi connectivity index (χ2v) is 8.22. The molecular formula is C21H22ClN3O2S. The Bertz CT molecular complexity index is 846. The fourth-order valence-corrected chi connectivity index (χ4v) is 4.33. The van der Waals surface area contributed by atoms with Crippen LogP contribution in [0, 0.1) is 17.2 Å². The molecule has 1 heterocycles. The van der Waals surface area contributed by atoms with E-state index in [9.17, 15) is 14.9 Å². The molecule has 0 radical (unpaired) electrons. The maximum atomic E-state index is 12.8. The van der Waals surface area contributed by atoms with Gasteiger partial charge in [0.1, 0.15) is 6.04 Å². The van der Waals surface area contributed by atoms with E-state index in [4.69, 9.17) is 11.6 Å². The minimum atomic E-state index is -0.573. The van der Waals surface area contributed by atoms with E-state index in [-0.39, 0.29) is 23.8 Å². The van der Waals surface area contributed by atoms with Crippen molar-refractivity contribution < 1.29 is 9.59 Å². The van der Waals surface area contributed by atoms with Crippen LogP contribution in [0.4, 0.5) is 0 Å². The quantitative estimate of drug-likeness (QED) is 0.749. The predicted octanol–water partition coefficient (Wildman–Crippen LogP) is 3.94. The number of hydrogen-bond donors (Lipinski definition) is 2. The molecule has 2 amide bonds. The molecule has 28 heavy (non-hydrogen) atoms. The molecule has 0 spiro atoms. The number of carbonyl (C=O) groups excluding carboxylic acids is 2. The zero-order valence-electron chi connectivity index (χ0n) is 15.4. The fraction of sp³-hybridized carbons (Fsp3) is 0.381. The van der Waals surface area contributed by atoms with Crippen molar-refractivity contribution in [2.75, 3.05) is 0 Å². The van der Waals surface area contributed by atoms with Gasteiger partial charge in [-0.05, 0) is 59.5 Å². The van der Waals surface area contributed by atoms with Gasteiger partial charge in [0, 0.05) is 23.0 Å². The van der Waals surface area contributed by atoms with E-state index < -0.39 is 6.04 Å². The molecule has 1 saturated carbocycles. The molecule has 0 saturated heterocycles. The summed E-state index contributed by atoms with van der Waals surface area (Å²) in [7, 11) is 0. The van der Waals surface area contributed by atoms with E-state index in [1.54, 1.807) is 35.6 Å². The van der Waals surface area contributed by atoms with Crippen LogP contribution in [0.5, 0.6) is 0 Å². The summed E-state index contributed by atoms with van der Waals surface area (Å²) >= 11 is 7.44. The van der Waals surface area contributed by atoms with Crippen LogP contribution >= 0.6 is 22.9 Å². The third kappa shape index (κ3) is 5.34. The van der Waals surface area contributed by atoms with Gasteiger partial charge >= 0.3 is 0 Å². The van der Waals surface area contributed by atoms with E-state index in [0.717, 1.165) is 24.8 Å². The number of nitrogens with one attached hydrogen (secondary N) is 2. The third-order valence-electron chi connectivity index (χ3n) is 5.02. The molecule has 2 N–H and O–H groups in total. The summed E-state index contributed by atoms with van der Waals surface area (Å²) in [6.45, 7) is 0. The number of carbonyl (C=O) groups is 2. The van der Waals surface area contributed by atoms with Crippen molar-refractivity contribution in [3.8, 4) is 6.07 Å². The van der Waals surface area contributed by atoms with Gasteiger partial charge in [-0.2, -0.15) is 16.6 Å². The van der Waals surface area contributed by atoms with Gasteiger partial charge in [0.25, 0.3) is 5.91 Å². The lowest BCUT2D eigenvalue weighted by molar-refractivity contribution is -0.127. The highest BCUT2D eigenvalue weighted by Crippen LogP contribution is 2.25. The Morgan fingerprint density at radius 2 is 1.96 bits per heavy atom. The summed E-state index contributed by atoms with van der Waals surface area (Å²) in [6.07, 6.45) is 3.84. The number of nitriles is 1. The Labute approximate surface area is 173 Å². The highest BCUT2D eigenvalue weighted by molar-refractivity contribution is 7.07. The molecule has 1 aromatic carbocycles. The summed E-state index contributed by atoms with van der Waals surface area (Å²) < 4.78 is 0. The molecular weight excluding hydrogens is 394 g/mol. The zero-order chi connectivity index (χ0) is 19.9. The Hall–Kier alpha value is -2.36. The lowest BCUT2D eigenvalue weighted by Gasteiger charge is -2.31. The normalized spacial score (nSPS) is 20.0. The van der Waals surface area contributed by atoms with Crippen LogP contribution in [0.2, 0.25) is 5.02 Å². The molecule has 5 nitrogen and oxygen atoms in total. The van der Waals surface area contributed by atoms with Crippen LogP contribution in [0.15, 0.2) is 41.1 Å². The van der Waals surface area contributed by atoms with Gasteiger partial charge in [-0.15, -0.1) is 0 Å². The second kappa shape index (κ2) is 9.72. The van der Waals surface area contributed by atoms with E-state index in [1.165, 1.54) is 0 Å². The van der Waals surface area contributed by atoms with E-state index >= 15 is 0 Å². The van der Waals surface area contributed by atoms with Gasteiger partial charge < -0.3 is 10.6 Å². The maximum Gasteiger partial charge on any atom is 0.251 e. The van der Waals surface area contributed by atoms with Crippen molar-refractivity contribution in [3.05, 3.63) is 57.2 Å². The number of benzene rings is 1. The van der Waals surface area contributed by atoms with Crippen LogP contribution in [0.1, 0.15) is 41.6 Å². The van der Waals surface area contributed by atoms with Gasteiger partial charge in [-0.1, -0.05) is 24.4 Å². The Kier molecular flexibility index (Phi) is 7.07. The zero-order valence-corrected chi connectivity index (χ0v) is 16.9. The molecule has 1 aromatic heterocycles. The standard InChI is InChI=1S/C21H22ClN3O2S/c22-16-7-5-15(6-8-16)20(26)25-19-4-2-1-3-18(19)21(27)24-17(12-23)11-14-9-10-28-13-14/h5-10,13,17-19H,1-4,11H2,(H,24,27)(H,25,26)/t17-,18?,19?/m0/s1. The number of halogens is 1. The Balaban J connectivity index is 1.63. The first kappa shape index (κ1) is 20.4. The highest BCUT2D eigenvalue weighted by atomic mass is 35.5. The van der Waals surface area contributed by atoms with Gasteiger partial charge in [-0.3, -0.25) is 9.59 Å². The summed E-state index contributed by atoms with van der Waals surface area (Å²) in [5, 5.41) is 19.8. The molecule has 2 unspecified atom stereocenters. The average Bonchev–Trinajstić information content (AvgIpc) is 3.21. The molecule has 1 aliphatic rings. The molecule has 2 aromatic rings. The molecule has 3 atom stereocenters.